The summed E-state index contributed by atoms with van der Waals surface area (Å²) in [6, 6.07) is 0. The Hall–Kier alpha value is -0.940. The molecule has 0 aromatic carbocycles. The summed E-state index contributed by atoms with van der Waals surface area (Å²) in [5, 5.41) is 11.5. The van der Waals surface area contributed by atoms with Gasteiger partial charge in [0.1, 0.15) is 5.01 Å². The fraction of sp³-hybridized carbons (Fsp3) is 0.667. The normalized spacial score (nSPS) is 17.4. The first-order valence-electron chi connectivity index (χ1n) is 6.01. The van der Waals surface area contributed by atoms with Crippen LogP contribution in [0.2, 0.25) is 0 Å². The fourth-order valence-electron chi connectivity index (χ4n) is 2.00. The van der Waals surface area contributed by atoms with Crippen molar-refractivity contribution in [1.29, 1.82) is 0 Å². The van der Waals surface area contributed by atoms with E-state index in [0.717, 1.165) is 36.9 Å². The second-order valence-electron chi connectivity index (χ2n) is 4.63. The molecule has 1 aliphatic rings. The van der Waals surface area contributed by atoms with E-state index in [-0.39, 0.29) is 12.5 Å². The number of hydrogen-bond acceptors (Lipinski definition) is 4. The van der Waals surface area contributed by atoms with Gasteiger partial charge in [-0.1, -0.05) is 6.92 Å². The minimum atomic E-state index is -0.0497. The van der Waals surface area contributed by atoms with Crippen LogP contribution in [-0.4, -0.2) is 34.0 Å². The van der Waals surface area contributed by atoms with Crippen LogP contribution in [0.25, 0.3) is 0 Å². The highest BCUT2D eigenvalue weighted by Crippen LogP contribution is 2.18. The van der Waals surface area contributed by atoms with Crippen LogP contribution in [-0.2, 0) is 17.8 Å². The van der Waals surface area contributed by atoms with Crippen LogP contribution in [0, 0.1) is 5.92 Å². The summed E-state index contributed by atoms with van der Waals surface area (Å²) in [6.45, 7) is 3.93. The molecule has 4 nitrogen and oxygen atoms in total. The Labute approximate surface area is 105 Å². The third-order valence-electron chi connectivity index (χ3n) is 3.20. The van der Waals surface area contributed by atoms with Gasteiger partial charge < -0.3 is 10.0 Å². The molecular formula is C12H18N2O2S. The maximum Gasteiger partial charge on any atom is 0.229 e. The largest absolute Gasteiger partial charge is 0.390 e. The minimum Gasteiger partial charge on any atom is -0.390 e. The highest BCUT2D eigenvalue weighted by molar-refractivity contribution is 7.09. The molecule has 1 aromatic rings. The number of carbonyl (C=O) groups excluding carboxylic acids is 1. The number of carbonyl (C=O) groups is 1. The van der Waals surface area contributed by atoms with Gasteiger partial charge in [-0.25, -0.2) is 4.98 Å². The Morgan fingerprint density at radius 2 is 2.29 bits per heavy atom. The zero-order valence-electron chi connectivity index (χ0n) is 10.1. The van der Waals surface area contributed by atoms with Gasteiger partial charge >= 0.3 is 0 Å². The molecule has 0 bridgehead atoms. The topological polar surface area (TPSA) is 53.4 Å². The van der Waals surface area contributed by atoms with Gasteiger partial charge in [-0.05, 0) is 18.8 Å². The number of amides is 1. The molecule has 94 valence electrons. The van der Waals surface area contributed by atoms with Gasteiger partial charge in [0.15, 0.2) is 0 Å². The second-order valence-corrected chi connectivity index (χ2v) is 5.57. The molecule has 17 heavy (non-hydrogen) atoms. The van der Waals surface area contributed by atoms with Gasteiger partial charge in [0.05, 0.1) is 18.7 Å². The molecule has 1 fully saturated rings. The van der Waals surface area contributed by atoms with Crippen molar-refractivity contribution in [3.8, 4) is 0 Å². The van der Waals surface area contributed by atoms with Gasteiger partial charge in [0.2, 0.25) is 5.91 Å². The molecule has 0 spiro atoms. The third kappa shape index (κ3) is 3.26. The molecule has 1 aliphatic heterocycles. The first-order chi connectivity index (χ1) is 8.19. The number of rotatable bonds is 3. The van der Waals surface area contributed by atoms with Crippen LogP contribution in [0.1, 0.15) is 30.5 Å². The number of aliphatic hydroxyl groups is 1. The zero-order valence-corrected chi connectivity index (χ0v) is 10.9. The summed E-state index contributed by atoms with van der Waals surface area (Å²) < 4.78 is 0. The van der Waals surface area contributed by atoms with E-state index in [9.17, 15) is 4.79 Å². The summed E-state index contributed by atoms with van der Waals surface area (Å²) in [5.74, 6) is 0.899. The van der Waals surface area contributed by atoms with E-state index < -0.39 is 0 Å². The lowest BCUT2D eigenvalue weighted by Crippen LogP contribution is -2.38. The van der Waals surface area contributed by atoms with Crippen LogP contribution >= 0.6 is 11.3 Å². The van der Waals surface area contributed by atoms with Crippen LogP contribution < -0.4 is 0 Å². The van der Waals surface area contributed by atoms with E-state index in [2.05, 4.69) is 11.9 Å². The lowest BCUT2D eigenvalue weighted by atomic mass is 9.99. The number of piperidine rings is 1. The average molecular weight is 254 g/mol. The first-order valence-corrected chi connectivity index (χ1v) is 6.89. The molecule has 1 amide bonds. The predicted octanol–water partition coefficient (Wildman–Crippen LogP) is 1.44. The van der Waals surface area contributed by atoms with Crippen molar-refractivity contribution in [3.63, 3.8) is 0 Å². The smallest absolute Gasteiger partial charge is 0.229 e. The molecule has 2 rings (SSSR count). The summed E-state index contributed by atoms with van der Waals surface area (Å²) in [7, 11) is 0. The predicted molar refractivity (Wildman–Crippen MR) is 66.7 cm³/mol. The quantitative estimate of drug-likeness (QED) is 0.888. The molecule has 0 radical (unpaired) electrons. The van der Waals surface area contributed by atoms with Gasteiger partial charge in [0.25, 0.3) is 0 Å². The van der Waals surface area contributed by atoms with Gasteiger partial charge in [-0.3, -0.25) is 4.79 Å². The van der Waals surface area contributed by atoms with Crippen molar-refractivity contribution in [3.05, 3.63) is 16.1 Å². The molecular weight excluding hydrogens is 236 g/mol. The molecule has 0 saturated carbocycles. The van der Waals surface area contributed by atoms with E-state index >= 15 is 0 Å². The second kappa shape index (κ2) is 5.60. The summed E-state index contributed by atoms with van der Waals surface area (Å²) in [6.07, 6.45) is 2.58. The first kappa shape index (κ1) is 12.5. The summed E-state index contributed by atoms with van der Waals surface area (Å²) in [5.41, 5.74) is 0.657. The maximum absolute atomic E-state index is 12.0. The lowest BCUT2D eigenvalue weighted by molar-refractivity contribution is -0.131. The number of aliphatic hydroxyl groups excluding tert-OH is 1. The number of thiazole rings is 1. The Bertz CT molecular complexity index is 384. The Kier molecular flexibility index (Phi) is 4.12. The minimum absolute atomic E-state index is 0.0497. The van der Waals surface area contributed by atoms with Crippen molar-refractivity contribution in [2.45, 2.75) is 32.8 Å². The molecule has 0 atom stereocenters. The molecule has 0 aliphatic carbocycles. The van der Waals surface area contributed by atoms with E-state index in [1.54, 1.807) is 5.38 Å². The SMILES string of the molecule is CC1CCN(C(=O)Cc2nc(CO)cs2)CC1. The van der Waals surface area contributed by atoms with Gasteiger partial charge in [-0.2, -0.15) is 0 Å². The molecule has 5 heteroatoms. The molecule has 0 unspecified atom stereocenters. The van der Waals surface area contributed by atoms with Crippen LogP contribution in [0.3, 0.4) is 0 Å². The van der Waals surface area contributed by atoms with Gasteiger partial charge in [-0.15, -0.1) is 11.3 Å². The van der Waals surface area contributed by atoms with Crippen molar-refractivity contribution in [2.24, 2.45) is 5.92 Å². The van der Waals surface area contributed by atoms with Crippen LogP contribution in [0.4, 0.5) is 0 Å². The number of hydrogen-bond donors (Lipinski definition) is 1. The molecule has 1 N–H and O–H groups in total. The monoisotopic (exact) mass is 254 g/mol. The van der Waals surface area contributed by atoms with E-state index in [1.165, 1.54) is 11.3 Å². The number of nitrogens with zero attached hydrogens (tertiary/aromatic N) is 2. The highest BCUT2D eigenvalue weighted by Gasteiger charge is 2.21. The molecule has 2 heterocycles. The fourth-order valence-corrected chi connectivity index (χ4v) is 2.78. The van der Waals surface area contributed by atoms with E-state index in [4.69, 9.17) is 5.11 Å². The van der Waals surface area contributed by atoms with Crippen molar-refractivity contribution in [2.75, 3.05) is 13.1 Å². The van der Waals surface area contributed by atoms with Crippen LogP contribution in [0.15, 0.2) is 5.38 Å². The average Bonchev–Trinajstić information content (AvgIpc) is 2.77. The van der Waals surface area contributed by atoms with Crippen molar-refractivity contribution < 1.29 is 9.90 Å². The highest BCUT2D eigenvalue weighted by atomic mass is 32.1. The van der Waals surface area contributed by atoms with Crippen molar-refractivity contribution in [1.82, 2.24) is 9.88 Å². The lowest BCUT2D eigenvalue weighted by Gasteiger charge is -2.30. The van der Waals surface area contributed by atoms with Gasteiger partial charge in [0, 0.05) is 18.5 Å². The standard InChI is InChI=1S/C12H18N2O2S/c1-9-2-4-14(5-3-9)12(16)6-11-13-10(7-15)8-17-11/h8-9,15H,2-7H2,1H3. The summed E-state index contributed by atoms with van der Waals surface area (Å²) >= 11 is 1.45. The zero-order chi connectivity index (χ0) is 12.3. The maximum atomic E-state index is 12.0. The number of likely N-dealkylation sites (tertiary alicyclic amines) is 1. The molecule has 1 aromatic heterocycles. The number of aromatic nitrogens is 1. The van der Waals surface area contributed by atoms with Crippen LogP contribution in [0.5, 0.6) is 0 Å². The Balaban J connectivity index is 1.88. The molecule has 1 saturated heterocycles. The Morgan fingerprint density at radius 1 is 1.59 bits per heavy atom. The Morgan fingerprint density at radius 3 is 2.88 bits per heavy atom. The van der Waals surface area contributed by atoms with Crippen molar-refractivity contribution >= 4 is 17.2 Å². The third-order valence-corrected chi connectivity index (χ3v) is 4.10. The van der Waals surface area contributed by atoms with E-state index in [0.29, 0.717) is 12.1 Å². The summed E-state index contributed by atoms with van der Waals surface area (Å²) in [4.78, 5) is 18.1. The van der Waals surface area contributed by atoms with E-state index in [1.807, 2.05) is 4.90 Å².